The predicted octanol–water partition coefficient (Wildman–Crippen LogP) is 1.20. The van der Waals surface area contributed by atoms with E-state index in [4.69, 9.17) is 10.2 Å². The molecule has 1 rings (SSSR count). The van der Waals surface area contributed by atoms with Crippen LogP contribution in [-0.2, 0) is 12.3 Å². The lowest BCUT2D eigenvalue weighted by atomic mass is 10.4. The second-order valence-corrected chi connectivity index (χ2v) is 5.56. The van der Waals surface area contributed by atoms with Crippen LogP contribution in [0.4, 0.5) is 0 Å². The van der Waals surface area contributed by atoms with Crippen LogP contribution in [0.15, 0.2) is 28.6 Å². The van der Waals surface area contributed by atoms with Gasteiger partial charge in [-0.3, -0.25) is 10.1 Å². The second kappa shape index (κ2) is 8.49. The number of hydrogen-bond acceptors (Lipinski definition) is 7. The molecule has 0 amide bonds. The number of nitrogens with one attached hydrogen (secondary N) is 1. The number of hydrogen-bond donors (Lipinski definition) is 2. The highest BCUT2D eigenvalue weighted by Crippen LogP contribution is 2.15. The van der Waals surface area contributed by atoms with E-state index in [1.165, 1.54) is 0 Å². The topological polar surface area (TPSA) is 97.6 Å². The summed E-state index contributed by atoms with van der Waals surface area (Å²) in [5.74, 6) is 3.51. The van der Waals surface area contributed by atoms with Crippen LogP contribution in [0.2, 0.25) is 0 Å². The van der Waals surface area contributed by atoms with Crippen molar-refractivity contribution in [3.05, 3.63) is 45.8 Å². The maximum Gasteiger partial charge on any atom is 0.273 e. The van der Waals surface area contributed by atoms with Crippen LogP contribution in [0.1, 0.15) is 11.5 Å². The zero-order chi connectivity index (χ0) is 15.0. The molecule has 0 saturated heterocycles. The van der Waals surface area contributed by atoms with Gasteiger partial charge in [0, 0.05) is 12.3 Å². The van der Waals surface area contributed by atoms with Gasteiger partial charge in [0.1, 0.15) is 11.5 Å². The van der Waals surface area contributed by atoms with E-state index in [1.807, 2.05) is 31.1 Å². The minimum absolute atomic E-state index is 0.0712. The van der Waals surface area contributed by atoms with Gasteiger partial charge in [-0.2, -0.15) is 11.8 Å². The van der Waals surface area contributed by atoms with E-state index >= 15 is 0 Å². The summed E-state index contributed by atoms with van der Waals surface area (Å²) in [6, 6.07) is 3.95. The highest BCUT2D eigenvalue weighted by atomic mass is 32.2. The molecule has 0 aromatic carbocycles. The Morgan fingerprint density at radius 3 is 2.90 bits per heavy atom. The Bertz CT molecular complexity index is 459. The number of nitrogens with two attached hydrogens (primary N) is 1. The van der Waals surface area contributed by atoms with Crippen LogP contribution in [0.5, 0.6) is 0 Å². The zero-order valence-electron chi connectivity index (χ0n) is 11.7. The third kappa shape index (κ3) is 7.05. The van der Waals surface area contributed by atoms with Gasteiger partial charge in [0.25, 0.3) is 6.20 Å². The van der Waals surface area contributed by atoms with Gasteiger partial charge in [-0.1, -0.05) is 0 Å². The van der Waals surface area contributed by atoms with Gasteiger partial charge < -0.3 is 20.4 Å². The van der Waals surface area contributed by atoms with E-state index in [2.05, 4.69) is 5.32 Å². The summed E-state index contributed by atoms with van der Waals surface area (Å²) in [5, 5.41) is 12.9. The van der Waals surface area contributed by atoms with Crippen LogP contribution in [0.25, 0.3) is 0 Å². The van der Waals surface area contributed by atoms with Crippen LogP contribution in [0, 0.1) is 10.1 Å². The summed E-state index contributed by atoms with van der Waals surface area (Å²) in [6.07, 6.45) is 0.755. The standard InChI is InChI=1S/C12H20N4O3S/c1-15(2)7-10-3-4-11(19-10)9-20-6-5-14-12(13)8-16(17)18/h3-4,8,14H,5-7,9,13H2,1-2H3/b12-8+. The lowest BCUT2D eigenvalue weighted by Gasteiger charge is -2.06. The minimum atomic E-state index is -0.579. The highest BCUT2D eigenvalue weighted by molar-refractivity contribution is 7.98. The molecular weight excluding hydrogens is 280 g/mol. The summed E-state index contributed by atoms with van der Waals surface area (Å²) in [7, 11) is 3.98. The van der Waals surface area contributed by atoms with Crippen molar-refractivity contribution < 1.29 is 9.34 Å². The number of thioether (sulfide) groups is 1. The predicted molar refractivity (Wildman–Crippen MR) is 79.5 cm³/mol. The molecule has 0 aliphatic heterocycles. The Balaban J connectivity index is 2.18. The van der Waals surface area contributed by atoms with Crippen molar-refractivity contribution in [2.45, 2.75) is 12.3 Å². The lowest BCUT2D eigenvalue weighted by Crippen LogP contribution is -2.23. The van der Waals surface area contributed by atoms with Crippen LogP contribution < -0.4 is 11.1 Å². The SMILES string of the molecule is CN(C)Cc1ccc(CSCCN/C(N)=C/[N+](=O)[O-])o1. The van der Waals surface area contributed by atoms with Gasteiger partial charge in [0.05, 0.1) is 17.2 Å². The lowest BCUT2D eigenvalue weighted by molar-refractivity contribution is -0.403. The largest absolute Gasteiger partial charge is 0.464 e. The number of nitrogens with zero attached hydrogens (tertiary/aromatic N) is 2. The van der Waals surface area contributed by atoms with Crippen molar-refractivity contribution in [3.8, 4) is 0 Å². The van der Waals surface area contributed by atoms with Crippen molar-refractivity contribution in [1.29, 1.82) is 0 Å². The van der Waals surface area contributed by atoms with Crippen molar-refractivity contribution in [1.82, 2.24) is 10.2 Å². The fourth-order valence-corrected chi connectivity index (χ4v) is 2.24. The maximum absolute atomic E-state index is 10.2. The molecule has 0 fully saturated rings. The molecule has 1 heterocycles. The molecule has 0 atom stereocenters. The van der Waals surface area contributed by atoms with Crippen molar-refractivity contribution >= 4 is 11.8 Å². The summed E-state index contributed by atoms with van der Waals surface area (Å²) in [4.78, 5) is 11.6. The van der Waals surface area contributed by atoms with Gasteiger partial charge in [-0.25, -0.2) is 0 Å². The van der Waals surface area contributed by atoms with Gasteiger partial charge in [-0.15, -0.1) is 0 Å². The van der Waals surface area contributed by atoms with E-state index < -0.39 is 4.92 Å². The fraction of sp³-hybridized carbons (Fsp3) is 0.500. The normalized spacial score (nSPS) is 11.8. The maximum atomic E-state index is 10.2. The number of furan rings is 1. The van der Waals surface area contributed by atoms with Gasteiger partial charge in [0.2, 0.25) is 0 Å². The van der Waals surface area contributed by atoms with Crippen molar-refractivity contribution in [3.63, 3.8) is 0 Å². The molecule has 0 radical (unpaired) electrons. The van der Waals surface area contributed by atoms with Crippen LogP contribution in [0.3, 0.4) is 0 Å². The van der Waals surface area contributed by atoms with Gasteiger partial charge in [0.15, 0.2) is 5.82 Å². The highest BCUT2D eigenvalue weighted by Gasteiger charge is 2.03. The van der Waals surface area contributed by atoms with Gasteiger partial charge in [-0.05, 0) is 26.2 Å². The summed E-state index contributed by atoms with van der Waals surface area (Å²) in [6.45, 7) is 1.36. The van der Waals surface area contributed by atoms with Gasteiger partial charge >= 0.3 is 0 Å². The first kappa shape index (κ1) is 16.4. The van der Waals surface area contributed by atoms with E-state index in [0.717, 1.165) is 35.8 Å². The molecule has 0 bridgehead atoms. The monoisotopic (exact) mass is 300 g/mol. The van der Waals surface area contributed by atoms with Crippen LogP contribution in [-0.4, -0.2) is 36.2 Å². The quantitative estimate of drug-likeness (QED) is 0.402. The zero-order valence-corrected chi connectivity index (χ0v) is 12.5. The average Bonchev–Trinajstić information content (AvgIpc) is 2.74. The minimum Gasteiger partial charge on any atom is -0.464 e. The van der Waals surface area contributed by atoms with Crippen LogP contribution >= 0.6 is 11.8 Å². The molecule has 0 aliphatic rings. The Kier molecular flexibility index (Phi) is 6.96. The van der Waals surface area contributed by atoms with E-state index in [1.54, 1.807) is 11.8 Å². The molecule has 0 aliphatic carbocycles. The molecule has 0 unspecified atom stereocenters. The second-order valence-electron chi connectivity index (χ2n) is 4.45. The molecule has 20 heavy (non-hydrogen) atoms. The third-order valence-corrected chi connectivity index (χ3v) is 3.24. The molecule has 1 aromatic heterocycles. The Labute approximate surface area is 122 Å². The van der Waals surface area contributed by atoms with Crippen molar-refractivity contribution in [2.24, 2.45) is 5.73 Å². The molecular formula is C12H20N4O3S. The molecule has 112 valence electrons. The molecule has 8 heteroatoms. The summed E-state index contributed by atoms with van der Waals surface area (Å²) >= 11 is 1.68. The Hall–Kier alpha value is -1.67. The molecule has 3 N–H and O–H groups in total. The third-order valence-electron chi connectivity index (χ3n) is 2.25. The Morgan fingerprint density at radius 1 is 1.55 bits per heavy atom. The molecule has 0 saturated carbocycles. The average molecular weight is 300 g/mol. The van der Waals surface area contributed by atoms with E-state index in [0.29, 0.717) is 6.54 Å². The molecule has 1 aromatic rings. The first-order valence-corrected chi connectivity index (χ1v) is 7.27. The number of rotatable bonds is 9. The molecule has 0 spiro atoms. The smallest absolute Gasteiger partial charge is 0.273 e. The summed E-state index contributed by atoms with van der Waals surface area (Å²) in [5.41, 5.74) is 5.39. The van der Waals surface area contributed by atoms with Crippen molar-refractivity contribution in [2.75, 3.05) is 26.4 Å². The first-order chi connectivity index (χ1) is 9.47. The first-order valence-electron chi connectivity index (χ1n) is 6.12. The van der Waals surface area contributed by atoms with E-state index in [9.17, 15) is 10.1 Å². The fourth-order valence-electron chi connectivity index (χ4n) is 1.50. The molecule has 7 nitrogen and oxygen atoms in total. The number of nitro groups is 1. The summed E-state index contributed by atoms with van der Waals surface area (Å²) < 4.78 is 5.67. The Morgan fingerprint density at radius 2 is 2.25 bits per heavy atom. The van der Waals surface area contributed by atoms with E-state index in [-0.39, 0.29) is 5.82 Å².